The molecule has 1 aliphatic rings. The summed E-state index contributed by atoms with van der Waals surface area (Å²) in [4.78, 5) is 18.2. The van der Waals surface area contributed by atoms with E-state index in [4.69, 9.17) is 4.74 Å². The van der Waals surface area contributed by atoms with Gasteiger partial charge in [-0.2, -0.15) is 0 Å². The monoisotopic (exact) mass is 346 g/mol. The number of carbonyl (C=O) groups excluding carboxylic acids is 1. The molecule has 0 aliphatic heterocycles. The molecule has 1 saturated carbocycles. The molecule has 6 heteroatoms. The maximum Gasteiger partial charge on any atom is 0.273 e. The van der Waals surface area contributed by atoms with Crippen molar-refractivity contribution in [1.29, 1.82) is 0 Å². The lowest BCUT2D eigenvalue weighted by Crippen LogP contribution is -2.50. The molecule has 5 nitrogen and oxygen atoms in total. The Morgan fingerprint density at radius 1 is 1.29 bits per heavy atom. The zero-order chi connectivity index (χ0) is 16.9. The molecule has 0 radical (unpaired) electrons. The van der Waals surface area contributed by atoms with Crippen LogP contribution >= 0.6 is 11.3 Å². The molecule has 0 unspecified atom stereocenters. The Morgan fingerprint density at radius 2 is 2.04 bits per heavy atom. The van der Waals surface area contributed by atoms with E-state index in [1.54, 1.807) is 22.8 Å². The predicted octanol–water partition coefficient (Wildman–Crippen LogP) is 2.97. The first-order valence-electron chi connectivity index (χ1n) is 8.22. The normalized spacial score (nSPS) is 24.2. The van der Waals surface area contributed by atoms with Crippen molar-refractivity contribution in [2.75, 3.05) is 7.05 Å². The molecule has 1 aromatic heterocycles. The van der Waals surface area contributed by atoms with Gasteiger partial charge in [-0.3, -0.25) is 4.79 Å². The smallest absolute Gasteiger partial charge is 0.273 e. The van der Waals surface area contributed by atoms with Crippen LogP contribution in [0.25, 0.3) is 0 Å². The van der Waals surface area contributed by atoms with Gasteiger partial charge in [0, 0.05) is 12.4 Å². The molecule has 1 amide bonds. The second kappa shape index (κ2) is 7.77. The molecule has 0 spiro atoms. The fourth-order valence-electron chi connectivity index (χ4n) is 3.16. The number of aromatic nitrogens is 1. The minimum atomic E-state index is -0.722. The minimum absolute atomic E-state index is 0.152. The number of rotatable bonds is 4. The van der Waals surface area contributed by atoms with Crippen LogP contribution in [-0.4, -0.2) is 46.2 Å². The van der Waals surface area contributed by atoms with E-state index >= 15 is 0 Å². The molecule has 0 saturated heterocycles. The SMILES string of the molecule is CN(C(=O)c1cscn1)[C@@H]1CCCC[C@@H](Oc2ccccc2)[C@@H]1O. The summed E-state index contributed by atoms with van der Waals surface area (Å²) < 4.78 is 6.00. The van der Waals surface area contributed by atoms with E-state index in [9.17, 15) is 9.90 Å². The van der Waals surface area contributed by atoms with Crippen molar-refractivity contribution in [3.8, 4) is 5.75 Å². The van der Waals surface area contributed by atoms with Gasteiger partial charge in [-0.1, -0.05) is 24.6 Å². The van der Waals surface area contributed by atoms with E-state index in [0.717, 1.165) is 31.4 Å². The van der Waals surface area contributed by atoms with Crippen LogP contribution in [0.3, 0.4) is 0 Å². The van der Waals surface area contributed by atoms with Gasteiger partial charge in [-0.15, -0.1) is 11.3 Å². The van der Waals surface area contributed by atoms with Gasteiger partial charge in [0.1, 0.15) is 23.7 Å². The number of benzene rings is 1. The molecule has 24 heavy (non-hydrogen) atoms. The van der Waals surface area contributed by atoms with Gasteiger partial charge in [-0.25, -0.2) is 4.98 Å². The Kier molecular flexibility index (Phi) is 5.48. The highest BCUT2D eigenvalue weighted by molar-refractivity contribution is 7.07. The highest BCUT2D eigenvalue weighted by atomic mass is 32.1. The second-order valence-corrected chi connectivity index (χ2v) is 6.82. The highest BCUT2D eigenvalue weighted by Crippen LogP contribution is 2.26. The first kappa shape index (κ1) is 16.9. The van der Waals surface area contributed by atoms with Crippen LogP contribution < -0.4 is 4.74 Å². The Balaban J connectivity index is 1.73. The number of ether oxygens (including phenoxy) is 1. The summed E-state index contributed by atoms with van der Waals surface area (Å²) >= 11 is 1.39. The molecule has 2 aromatic rings. The Morgan fingerprint density at radius 3 is 2.75 bits per heavy atom. The summed E-state index contributed by atoms with van der Waals surface area (Å²) in [7, 11) is 1.74. The first-order chi connectivity index (χ1) is 11.7. The van der Waals surface area contributed by atoms with Gasteiger partial charge in [0.05, 0.1) is 11.6 Å². The van der Waals surface area contributed by atoms with E-state index in [1.165, 1.54) is 11.3 Å². The average molecular weight is 346 g/mol. The maximum absolute atomic E-state index is 12.5. The van der Waals surface area contributed by atoms with Crippen LogP contribution in [0, 0.1) is 0 Å². The summed E-state index contributed by atoms with van der Waals surface area (Å²) in [6.07, 6.45) is 2.45. The van der Waals surface area contributed by atoms with E-state index < -0.39 is 6.10 Å². The second-order valence-electron chi connectivity index (χ2n) is 6.10. The molecule has 1 heterocycles. The summed E-state index contributed by atoms with van der Waals surface area (Å²) in [5.74, 6) is 0.594. The molecule has 0 bridgehead atoms. The van der Waals surface area contributed by atoms with Crippen LogP contribution in [-0.2, 0) is 0 Å². The van der Waals surface area contributed by atoms with Crippen LogP contribution in [0.1, 0.15) is 36.2 Å². The van der Waals surface area contributed by atoms with Gasteiger partial charge in [0.15, 0.2) is 0 Å². The quantitative estimate of drug-likeness (QED) is 0.865. The molecular weight excluding hydrogens is 324 g/mol. The molecule has 1 aliphatic carbocycles. The third-order valence-electron chi connectivity index (χ3n) is 4.51. The Labute approximate surface area is 145 Å². The average Bonchev–Trinajstić information content (AvgIpc) is 3.08. The minimum Gasteiger partial charge on any atom is -0.488 e. The van der Waals surface area contributed by atoms with Gasteiger partial charge in [0.25, 0.3) is 5.91 Å². The van der Waals surface area contributed by atoms with Crippen molar-refractivity contribution in [3.63, 3.8) is 0 Å². The largest absolute Gasteiger partial charge is 0.488 e. The Bertz CT molecular complexity index is 648. The zero-order valence-electron chi connectivity index (χ0n) is 13.7. The molecular formula is C18H22N2O3S. The molecule has 1 fully saturated rings. The van der Waals surface area contributed by atoms with Gasteiger partial charge in [-0.05, 0) is 31.4 Å². The van der Waals surface area contributed by atoms with E-state index in [0.29, 0.717) is 5.69 Å². The number of carbonyl (C=O) groups is 1. The predicted molar refractivity (Wildman–Crippen MR) is 93.3 cm³/mol. The van der Waals surface area contributed by atoms with Crippen molar-refractivity contribution >= 4 is 17.2 Å². The fraction of sp³-hybridized carbons (Fsp3) is 0.444. The summed E-state index contributed by atoms with van der Waals surface area (Å²) in [6, 6.07) is 9.25. The number of hydrogen-bond donors (Lipinski definition) is 1. The number of aliphatic hydroxyl groups excluding tert-OH is 1. The highest BCUT2D eigenvalue weighted by Gasteiger charge is 2.36. The lowest BCUT2D eigenvalue weighted by Gasteiger charge is -2.33. The topological polar surface area (TPSA) is 62.7 Å². The number of nitrogens with zero attached hydrogens (tertiary/aromatic N) is 2. The number of amides is 1. The van der Waals surface area contributed by atoms with Gasteiger partial charge < -0.3 is 14.7 Å². The van der Waals surface area contributed by atoms with Crippen molar-refractivity contribution in [1.82, 2.24) is 9.88 Å². The van der Waals surface area contributed by atoms with E-state index in [-0.39, 0.29) is 18.1 Å². The van der Waals surface area contributed by atoms with Crippen LogP contribution in [0.5, 0.6) is 5.75 Å². The lowest BCUT2D eigenvalue weighted by molar-refractivity contribution is -0.0144. The standard InChI is InChI=1S/C18H22N2O3S/c1-20(18(22)14-11-24-12-19-14)15-9-5-6-10-16(17(15)21)23-13-7-3-2-4-8-13/h2-4,7-8,11-12,15-17,21H,5-6,9-10H2,1H3/t15-,16-,17-/m1/s1. The Hall–Kier alpha value is -1.92. The van der Waals surface area contributed by atoms with Gasteiger partial charge >= 0.3 is 0 Å². The number of thiazole rings is 1. The van der Waals surface area contributed by atoms with Crippen LogP contribution in [0.2, 0.25) is 0 Å². The zero-order valence-corrected chi connectivity index (χ0v) is 14.5. The third kappa shape index (κ3) is 3.76. The number of aliphatic hydroxyl groups is 1. The third-order valence-corrected chi connectivity index (χ3v) is 5.10. The lowest BCUT2D eigenvalue weighted by atomic mass is 10.0. The molecule has 3 rings (SSSR count). The molecule has 3 atom stereocenters. The molecule has 1 N–H and O–H groups in total. The fourth-order valence-corrected chi connectivity index (χ4v) is 3.69. The van der Waals surface area contributed by atoms with Gasteiger partial charge in [0.2, 0.25) is 0 Å². The number of likely N-dealkylation sites (N-methyl/N-ethyl adjacent to an activating group) is 1. The summed E-state index contributed by atoms with van der Waals surface area (Å²) in [6.45, 7) is 0. The summed E-state index contributed by atoms with van der Waals surface area (Å²) in [5.41, 5.74) is 2.07. The van der Waals surface area contributed by atoms with Crippen molar-refractivity contribution < 1.29 is 14.6 Å². The number of para-hydroxylation sites is 1. The molecule has 1 aromatic carbocycles. The maximum atomic E-state index is 12.5. The van der Waals surface area contributed by atoms with Crippen molar-refractivity contribution in [2.24, 2.45) is 0 Å². The first-order valence-corrected chi connectivity index (χ1v) is 9.16. The number of hydrogen-bond acceptors (Lipinski definition) is 5. The van der Waals surface area contributed by atoms with Crippen molar-refractivity contribution in [2.45, 2.75) is 43.9 Å². The summed E-state index contributed by atoms with van der Waals surface area (Å²) in [5, 5.41) is 12.6. The van der Waals surface area contributed by atoms with Crippen LogP contribution in [0.4, 0.5) is 0 Å². The van der Waals surface area contributed by atoms with Crippen molar-refractivity contribution in [3.05, 3.63) is 46.9 Å². The molecule has 128 valence electrons. The van der Waals surface area contributed by atoms with E-state index in [1.807, 2.05) is 30.3 Å². The van der Waals surface area contributed by atoms with Crippen LogP contribution in [0.15, 0.2) is 41.2 Å². The van der Waals surface area contributed by atoms with E-state index in [2.05, 4.69) is 4.98 Å².